The second-order valence-electron chi connectivity index (χ2n) is 35.9. The van der Waals surface area contributed by atoms with Crippen LogP contribution >= 0.6 is 0 Å². The molecule has 7 aliphatic rings. The van der Waals surface area contributed by atoms with Gasteiger partial charge in [0.15, 0.2) is 34.7 Å². The Kier molecular flexibility index (Phi) is 24.9. The molecule has 4 amide bonds. The van der Waals surface area contributed by atoms with Crippen molar-refractivity contribution in [3.05, 3.63) is 351 Å². The fourth-order valence-corrected chi connectivity index (χ4v) is 18.0. The second-order valence-corrected chi connectivity index (χ2v) is 35.9. The molecule has 0 saturated heterocycles. The molecule has 33 heteroatoms. The molecule has 140 heavy (non-hydrogen) atoms. The molecule has 23 rings (SSSR count). The minimum atomic E-state index is -4.50. The molecule has 0 unspecified atom stereocenters. The molecule has 26 nitrogen and oxygen atoms in total. The van der Waals surface area contributed by atoms with Gasteiger partial charge in [-0.3, -0.25) is 38.8 Å². The Morgan fingerprint density at radius 2 is 0.857 bits per heavy atom. The highest BCUT2D eigenvalue weighted by Crippen LogP contribution is 2.49. The van der Waals surface area contributed by atoms with Crippen LogP contribution in [0.5, 0.6) is 0 Å². The van der Waals surface area contributed by atoms with E-state index in [9.17, 15) is 54.7 Å². The van der Waals surface area contributed by atoms with Crippen LogP contribution in [0.4, 0.5) is 54.0 Å². The minimum absolute atomic E-state index is 0.00769. The van der Waals surface area contributed by atoms with Crippen LogP contribution < -0.4 is 19.6 Å². The first-order valence-corrected chi connectivity index (χ1v) is 46.2. The number of halogens is 7. The summed E-state index contributed by atoms with van der Waals surface area (Å²) in [7, 11) is 1.53. The first kappa shape index (κ1) is 91.5. The maximum absolute atomic E-state index is 14.8. The second kappa shape index (κ2) is 38.0. The number of rotatable bonds is 22. The number of imidazole rings is 1. The van der Waals surface area contributed by atoms with Crippen molar-refractivity contribution < 1.29 is 59.4 Å². The largest absolute Gasteiger partial charge is 0.461 e. The van der Waals surface area contributed by atoms with Crippen molar-refractivity contribution in [1.82, 2.24) is 78.8 Å². The molecule has 8 aromatic carbocycles. The number of hydrogen-bond acceptors (Lipinski definition) is 18. The van der Waals surface area contributed by atoms with Crippen LogP contribution in [0.25, 0.3) is 74.0 Å². The van der Waals surface area contributed by atoms with Crippen molar-refractivity contribution in [3.63, 3.8) is 0 Å². The summed E-state index contributed by atoms with van der Waals surface area (Å²) in [4.78, 5) is 111. The monoisotopic (exact) mass is 1880 g/mol. The standard InChI is InChI=1S/C29H27N5O3.C27H22F3N5O.C26H20F3N5O.C25H22FN5O/c1-3-37-29(36)25-14-18(2)32-34(25)22-12-8-19(9-13-22)17-33-26(35)15-21-16-30-27(31-28(21)33)24-7-5-4-6-23(24)20-10-11-20;1-34-15-22(27(28,29)30)32-25(34)18-8-6-16(7-9-18)14-35-23(36)12-19-13-31-24(33-26(19)35)21-5-3-2-4-20(21)17-10-11-17;27-26(28,29)19-6-9-21(17-4-5-17)22(13-19)24-30-14-18-12-23(35)33(25(18)32-24)15-16-2-7-20(8-3-16)34-11-1-10-31-34;1-16(2)20-5-3-6-21(26)23(20)24-27-14-18-13-22(32)30(25(18)29-24)15-17-7-9-19(10-8-17)31-12-4-11-28-31/h4-9,12-14,16,20H,3,10-11,15,17H2,1-2H3;2-9,13,15,17H,10-12,14H2,1H3;1-3,6-11,13-14,17H,4-5,12,15H2;3-12,14,16H,13,15H2,1-2H3. The van der Waals surface area contributed by atoms with Gasteiger partial charge in [0.25, 0.3) is 0 Å². The van der Waals surface area contributed by atoms with Gasteiger partial charge in [0.05, 0.1) is 92.4 Å². The van der Waals surface area contributed by atoms with E-state index in [0.717, 1.165) is 115 Å². The topological polar surface area (TPSA) is 282 Å². The molecule has 0 radical (unpaired) electrons. The molecule has 12 heterocycles. The summed E-state index contributed by atoms with van der Waals surface area (Å²) in [5.74, 6) is 4.78. The molecule has 8 aromatic heterocycles. The van der Waals surface area contributed by atoms with E-state index in [0.29, 0.717) is 120 Å². The van der Waals surface area contributed by atoms with Crippen LogP contribution in [0.15, 0.2) is 256 Å². The zero-order valence-electron chi connectivity index (χ0n) is 76.7. The number of alkyl halides is 6. The molecular weight excluding hydrogens is 1790 g/mol. The molecule has 16 aromatic rings. The molecule has 3 aliphatic carbocycles. The third-order valence-corrected chi connectivity index (χ3v) is 25.6. The van der Waals surface area contributed by atoms with Crippen molar-refractivity contribution >= 4 is 52.9 Å². The van der Waals surface area contributed by atoms with Crippen LogP contribution in [0.3, 0.4) is 0 Å². The van der Waals surface area contributed by atoms with Crippen molar-refractivity contribution in [2.45, 2.75) is 154 Å². The van der Waals surface area contributed by atoms with E-state index in [1.54, 1.807) is 114 Å². The van der Waals surface area contributed by atoms with E-state index in [1.165, 1.54) is 60.6 Å². The highest BCUT2D eigenvalue weighted by atomic mass is 19.4. The number of aromatic nitrogens is 16. The smallest absolute Gasteiger partial charge is 0.434 e. The lowest BCUT2D eigenvalue weighted by atomic mass is 9.96. The van der Waals surface area contributed by atoms with E-state index >= 15 is 0 Å². The maximum atomic E-state index is 14.8. The molecule has 0 atom stereocenters. The number of anilines is 4. The van der Waals surface area contributed by atoms with E-state index in [4.69, 9.17) is 14.7 Å². The van der Waals surface area contributed by atoms with Crippen LogP contribution in [-0.4, -0.2) is 115 Å². The van der Waals surface area contributed by atoms with Crippen molar-refractivity contribution in [2.75, 3.05) is 26.2 Å². The van der Waals surface area contributed by atoms with Gasteiger partial charge in [-0.05, 0) is 193 Å². The number of fused-ring (bicyclic) bond motifs is 4. The van der Waals surface area contributed by atoms with Crippen molar-refractivity contribution in [3.8, 4) is 74.0 Å². The van der Waals surface area contributed by atoms with Gasteiger partial charge in [0.2, 0.25) is 23.6 Å². The summed E-state index contributed by atoms with van der Waals surface area (Å²) < 4.78 is 106. The van der Waals surface area contributed by atoms with Crippen LogP contribution in [-0.2, 0) is 95.2 Å². The average Bonchev–Trinajstić information content (AvgIpc) is 1.60. The summed E-state index contributed by atoms with van der Waals surface area (Å²) in [6, 6.07) is 60.9. The quantitative estimate of drug-likeness (QED) is 0.0450. The summed E-state index contributed by atoms with van der Waals surface area (Å²) in [5, 5.41) is 12.9. The van der Waals surface area contributed by atoms with Crippen molar-refractivity contribution in [2.24, 2.45) is 7.05 Å². The zero-order chi connectivity index (χ0) is 96.9. The summed E-state index contributed by atoms with van der Waals surface area (Å²) in [6.07, 6.45) is 13.4. The van der Waals surface area contributed by atoms with Gasteiger partial charge < -0.3 is 9.30 Å². The van der Waals surface area contributed by atoms with Gasteiger partial charge in [0.1, 0.15) is 34.9 Å². The Morgan fingerprint density at radius 1 is 0.450 bits per heavy atom. The normalized spacial score (nSPS) is 14.7. The fourth-order valence-electron chi connectivity index (χ4n) is 18.0. The molecule has 0 N–H and O–H groups in total. The third kappa shape index (κ3) is 19.4. The predicted molar refractivity (Wildman–Crippen MR) is 509 cm³/mol. The molecular formula is C107H91F7N20O6. The van der Waals surface area contributed by atoms with Crippen LogP contribution in [0, 0.1) is 12.7 Å². The molecule has 0 bridgehead atoms. The van der Waals surface area contributed by atoms with E-state index in [-0.39, 0.29) is 72.2 Å². The molecule has 0 spiro atoms. The number of carbonyl (C=O) groups is 5. The van der Waals surface area contributed by atoms with Gasteiger partial charge in [-0.1, -0.05) is 141 Å². The number of nitrogens with zero attached hydrogens (tertiary/aromatic N) is 20. The van der Waals surface area contributed by atoms with Gasteiger partial charge in [-0.2, -0.15) is 41.6 Å². The minimum Gasteiger partial charge on any atom is -0.461 e. The SMILES string of the molecule is CC(C)c1cccc(F)c1-c1ncc2c(n1)N(Cc1ccc(-n3cccn3)cc1)C(=O)C2.CCOC(=O)c1cc(C)nn1-c1ccc(CN2C(=O)Cc3cnc(-c4ccccc4C4CC4)nc32)cc1.Cn1cc(C(F)(F)F)nc1-c1ccc(CN2C(=O)Cc3cnc(-c4ccccc4C4CC4)nc32)cc1.O=C1Cc2cnc(-c3cc(C(F)(F)F)ccc3C3CC3)nc2N1Cc1ccc(-n2cccn2)cc1. The highest BCUT2D eigenvalue weighted by Gasteiger charge is 2.40. The average molecular weight is 1890 g/mol. The Balaban J connectivity index is 0.000000115. The molecule has 3 fully saturated rings. The Hall–Kier alpha value is -16.2. The lowest BCUT2D eigenvalue weighted by molar-refractivity contribution is -0.141. The summed E-state index contributed by atoms with van der Waals surface area (Å²) in [5.41, 5.74) is 16.3. The number of aryl methyl sites for hydroxylation is 2. The van der Waals surface area contributed by atoms with E-state index in [1.807, 2.05) is 148 Å². The maximum Gasteiger partial charge on any atom is 0.434 e. The van der Waals surface area contributed by atoms with Crippen molar-refractivity contribution in [1.29, 1.82) is 0 Å². The zero-order valence-corrected chi connectivity index (χ0v) is 76.7. The molecule has 4 aliphatic heterocycles. The van der Waals surface area contributed by atoms with Crippen LogP contribution in [0.1, 0.15) is 177 Å². The van der Waals surface area contributed by atoms with E-state index < -0.39 is 29.6 Å². The van der Waals surface area contributed by atoms with Gasteiger partial charge in [0, 0.05) is 107 Å². The lowest BCUT2D eigenvalue weighted by Gasteiger charge is -2.18. The number of esters is 1. The third-order valence-electron chi connectivity index (χ3n) is 25.6. The van der Waals surface area contributed by atoms with Gasteiger partial charge in [-0.25, -0.2) is 68.1 Å². The van der Waals surface area contributed by atoms with Crippen LogP contribution in [0.2, 0.25) is 0 Å². The van der Waals surface area contributed by atoms with Gasteiger partial charge >= 0.3 is 18.3 Å². The number of hydrogen-bond donors (Lipinski definition) is 0. The lowest BCUT2D eigenvalue weighted by Crippen LogP contribution is -2.26. The number of carbonyl (C=O) groups excluding carboxylic acids is 5. The fraction of sp³-hybridized carbons (Fsp3) is 0.243. The number of benzene rings is 8. The van der Waals surface area contributed by atoms with Gasteiger partial charge in [-0.15, -0.1) is 0 Å². The first-order chi connectivity index (χ1) is 67.7. The first-order valence-electron chi connectivity index (χ1n) is 46.2. The Labute approximate surface area is 799 Å². The van der Waals surface area contributed by atoms with E-state index in [2.05, 4.69) is 74.4 Å². The molecule has 704 valence electrons. The predicted octanol–water partition coefficient (Wildman–Crippen LogP) is 20.3. The number of amides is 4. The highest BCUT2D eigenvalue weighted by molar-refractivity contribution is 6.03. The summed E-state index contributed by atoms with van der Waals surface area (Å²) in [6.45, 7) is 9.32. The number of ether oxygens (including phenoxy) is 1. The molecule has 3 saturated carbocycles. The Morgan fingerprint density at radius 3 is 1.26 bits per heavy atom. The Bertz CT molecular complexity index is 7420. The summed E-state index contributed by atoms with van der Waals surface area (Å²) >= 11 is 0.